The highest BCUT2D eigenvalue weighted by Gasteiger charge is 2.54. The highest BCUT2D eigenvalue weighted by atomic mass is 32.1. The van der Waals surface area contributed by atoms with Gasteiger partial charge in [0.25, 0.3) is 5.91 Å². The first-order chi connectivity index (χ1) is 44.9. The van der Waals surface area contributed by atoms with E-state index in [4.69, 9.17) is 14.2 Å². The lowest BCUT2D eigenvalue weighted by Crippen LogP contribution is -2.66. The molecule has 2 aliphatic carbocycles. The molecule has 7 aliphatic rings. The van der Waals surface area contributed by atoms with Gasteiger partial charge in [0, 0.05) is 108 Å². The van der Waals surface area contributed by atoms with E-state index in [0.29, 0.717) is 106 Å². The highest BCUT2D eigenvalue weighted by molar-refractivity contribution is 7.13. The fraction of sp³-hybridized carbons (Fsp3) is 0.647. The number of aliphatic hydroxyl groups is 1. The molecule has 2 saturated carbocycles. The number of β-amino-alcohol motifs (C(OH)–C–C–N with tert-alkyl or cyclic N) is 1. The zero-order valence-electron chi connectivity index (χ0n) is 55.2. The summed E-state index contributed by atoms with van der Waals surface area (Å²) < 4.78 is 64.8. The predicted molar refractivity (Wildman–Crippen MR) is 351 cm³/mol. The summed E-state index contributed by atoms with van der Waals surface area (Å²) in [5.74, 6) is -0.141. The first kappa shape index (κ1) is 68.8. The van der Waals surface area contributed by atoms with E-state index in [1.807, 2.05) is 31.2 Å². The molecule has 94 heavy (non-hydrogen) atoms. The molecule has 1 spiro atoms. The van der Waals surface area contributed by atoms with E-state index >= 15 is 8.78 Å². The number of thiazole rings is 1. The zero-order valence-corrected chi connectivity index (χ0v) is 56.0. The molecule has 11 rings (SSSR count). The SMILES string of the molecule is Cc1ncsc1-c1ccc(CNC(=O)[C@@H]2C[C@@H](O)CN2C(=O)[C@@H](NC(=O)C2(F)CC2)C(C)(C)C)c(OCCNCC(C=O)O[C@@H]2C[C@@H]3CN(CCOCCNc4cc(N5CCC6(CC5)CN(c5cc(F)c(CN7CCC(C)(C)CC7)cc5F)CC(=O)N6)ncn4)C[C@@H]3C2)c1. The molecule has 2 aromatic heterocycles. The number of aromatic nitrogens is 3. The average Bonchev–Trinajstić information content (AvgIpc) is 1.11. The fourth-order valence-electron chi connectivity index (χ4n) is 14.3. The second kappa shape index (κ2) is 29.4. The summed E-state index contributed by atoms with van der Waals surface area (Å²) >= 11 is 1.50. The Morgan fingerprint density at radius 2 is 1.63 bits per heavy atom. The van der Waals surface area contributed by atoms with Crippen LogP contribution in [0.5, 0.6) is 5.75 Å². The third-order valence-electron chi connectivity index (χ3n) is 20.2. The van der Waals surface area contributed by atoms with Gasteiger partial charge in [0.15, 0.2) is 5.67 Å². The fourth-order valence-corrected chi connectivity index (χ4v) is 15.1. The summed E-state index contributed by atoms with van der Waals surface area (Å²) in [5, 5.41) is 26.1. The third-order valence-corrected chi connectivity index (χ3v) is 21.1. The van der Waals surface area contributed by atoms with E-state index in [9.17, 15) is 33.5 Å². The standard InChI is InChI=1S/C68H94F3N13O9S/c1-43-60(94-42-77-43)44-7-8-45(32-74-62(88)55-29-49(86)37-84(55)63(89)61(65(2,3)4)78-64(90)68(71)9-10-68)56(28-44)92-23-15-72-33-51(39-85)93-50-25-46-34-81(35-47(46)26-50)21-24-91-22-16-73-57-31-58(76-41-75-57)82-19-13-67(14-20-82)40-83(38-59(87)79-67)54-30-52(69)48(27-53(54)70)36-80-17-11-66(5,6)12-18-80/h7-8,27-28,30-31,39,41-42,46-47,49-51,55,61,72,86H,9-26,29,32-38,40H2,1-6H3,(H,74,88)(H,78,90)(H,79,87)(H,73,75,76)/t46-,47+,49-,50-,51?,55+,61-/m1/s1. The molecular weight excluding hydrogens is 1230 g/mol. The summed E-state index contributed by atoms with van der Waals surface area (Å²) in [5.41, 5.74) is 1.54. The molecule has 4 aromatic rings. The number of piperidine rings is 2. The van der Waals surface area contributed by atoms with E-state index in [1.165, 1.54) is 34.7 Å². The number of aliphatic hydroxyl groups excluding tert-OH is 1. The number of fused-ring (bicyclic) bond motifs is 1. The number of nitrogens with one attached hydrogen (secondary N) is 5. The molecule has 7 heterocycles. The van der Waals surface area contributed by atoms with Crippen molar-refractivity contribution in [3.05, 3.63) is 76.7 Å². The Morgan fingerprint density at radius 1 is 0.872 bits per heavy atom. The van der Waals surface area contributed by atoms with Gasteiger partial charge in [0.05, 0.1) is 59.3 Å². The molecule has 22 nitrogen and oxygen atoms in total. The van der Waals surface area contributed by atoms with Crippen molar-refractivity contribution in [3.8, 4) is 16.2 Å². The third kappa shape index (κ3) is 17.0. The van der Waals surface area contributed by atoms with Crippen LogP contribution in [0.15, 0.2) is 48.2 Å². The monoisotopic (exact) mass is 1330 g/mol. The average molecular weight is 1330 g/mol. The molecule has 1 unspecified atom stereocenters. The Labute approximate surface area is 553 Å². The van der Waals surface area contributed by atoms with Crippen LogP contribution in [0.2, 0.25) is 0 Å². The minimum absolute atomic E-state index is 0.00105. The van der Waals surface area contributed by atoms with Crippen molar-refractivity contribution in [3.63, 3.8) is 0 Å². The lowest BCUT2D eigenvalue weighted by atomic mass is 9.82. The quantitative estimate of drug-likeness (QED) is 0.0306. The number of likely N-dealkylation sites (tertiary alicyclic amines) is 3. The maximum Gasteiger partial charge on any atom is 0.258 e. The number of anilines is 3. The van der Waals surface area contributed by atoms with Gasteiger partial charge in [0.2, 0.25) is 17.7 Å². The van der Waals surface area contributed by atoms with E-state index in [0.717, 1.165) is 86.6 Å². The Balaban J connectivity index is 0.570. The summed E-state index contributed by atoms with van der Waals surface area (Å²) in [7, 11) is 0. The van der Waals surface area contributed by atoms with Gasteiger partial charge in [-0.15, -0.1) is 11.3 Å². The predicted octanol–water partition coefficient (Wildman–Crippen LogP) is 5.79. The molecule has 7 fully saturated rings. The molecule has 26 heteroatoms. The van der Waals surface area contributed by atoms with Crippen molar-refractivity contribution in [1.82, 2.24) is 50.9 Å². The van der Waals surface area contributed by atoms with Crippen LogP contribution in [0, 0.1) is 41.2 Å². The maximum absolute atomic E-state index is 15.8. The Bertz CT molecular complexity index is 3320. The lowest BCUT2D eigenvalue weighted by molar-refractivity contribution is -0.145. The summed E-state index contributed by atoms with van der Waals surface area (Å²) in [4.78, 5) is 90.3. The van der Waals surface area contributed by atoms with Crippen LogP contribution in [0.25, 0.3) is 10.4 Å². The summed E-state index contributed by atoms with van der Waals surface area (Å²) in [6.07, 6.45) is 5.95. The van der Waals surface area contributed by atoms with E-state index in [-0.39, 0.29) is 68.6 Å². The number of carbonyl (C=O) groups excluding carboxylic acids is 5. The van der Waals surface area contributed by atoms with E-state index in [1.54, 1.807) is 31.2 Å². The number of hydrogen-bond donors (Lipinski definition) is 6. The van der Waals surface area contributed by atoms with Crippen LogP contribution in [-0.4, -0.2) is 211 Å². The Morgan fingerprint density at radius 3 is 2.33 bits per heavy atom. The van der Waals surface area contributed by atoms with Crippen LogP contribution in [-0.2, 0) is 46.5 Å². The maximum atomic E-state index is 15.8. The number of nitrogens with zero attached hydrogens (tertiary/aromatic N) is 8. The van der Waals surface area contributed by atoms with E-state index in [2.05, 4.69) is 70.1 Å². The number of aldehydes is 1. The van der Waals surface area contributed by atoms with Crippen molar-refractivity contribution in [2.75, 3.05) is 120 Å². The van der Waals surface area contributed by atoms with Crippen molar-refractivity contribution in [2.45, 2.75) is 154 Å². The smallest absolute Gasteiger partial charge is 0.258 e. The molecular formula is C68H94F3N13O9S. The lowest BCUT2D eigenvalue weighted by Gasteiger charge is -2.48. The van der Waals surface area contributed by atoms with Crippen LogP contribution in [0.1, 0.15) is 109 Å². The molecule has 2 aromatic carbocycles. The van der Waals surface area contributed by atoms with Gasteiger partial charge in [0.1, 0.15) is 66.4 Å². The molecule has 5 aliphatic heterocycles. The number of benzene rings is 2. The summed E-state index contributed by atoms with van der Waals surface area (Å²) in [6, 6.07) is 8.06. The van der Waals surface area contributed by atoms with Crippen LogP contribution < -0.4 is 41.1 Å². The number of carbonyl (C=O) groups is 5. The number of piperazine rings is 1. The van der Waals surface area contributed by atoms with Crippen molar-refractivity contribution < 1.29 is 56.5 Å². The molecule has 0 bridgehead atoms. The zero-order chi connectivity index (χ0) is 66.5. The first-order valence-corrected chi connectivity index (χ1v) is 34.4. The van der Waals surface area contributed by atoms with Crippen molar-refractivity contribution >= 4 is 58.6 Å². The second-order valence-electron chi connectivity index (χ2n) is 29.0. The molecule has 6 N–H and O–H groups in total. The highest BCUT2D eigenvalue weighted by Crippen LogP contribution is 2.42. The van der Waals surface area contributed by atoms with Crippen molar-refractivity contribution in [2.24, 2.45) is 22.7 Å². The van der Waals surface area contributed by atoms with Gasteiger partial charge in [-0.1, -0.05) is 46.8 Å². The number of alkyl halides is 1. The summed E-state index contributed by atoms with van der Waals surface area (Å²) in [6.45, 7) is 20.5. The number of amides is 4. The molecule has 5 saturated heterocycles. The molecule has 512 valence electrons. The van der Waals surface area contributed by atoms with Crippen molar-refractivity contribution in [1.29, 1.82) is 0 Å². The number of hydrogen-bond acceptors (Lipinski definition) is 19. The van der Waals surface area contributed by atoms with Gasteiger partial charge >= 0.3 is 0 Å². The normalized spacial score (nSPS) is 24.0. The number of halogens is 3. The second-order valence-corrected chi connectivity index (χ2v) is 29.8. The first-order valence-electron chi connectivity index (χ1n) is 33.5. The Kier molecular flexibility index (Phi) is 21.5. The molecule has 0 radical (unpaired) electrons. The molecule has 7 atom stereocenters. The van der Waals surface area contributed by atoms with Crippen LogP contribution in [0.3, 0.4) is 0 Å². The van der Waals surface area contributed by atoms with Crippen LogP contribution >= 0.6 is 11.3 Å². The Hall–Kier alpha value is -6.55. The van der Waals surface area contributed by atoms with Gasteiger partial charge in [-0.05, 0) is 112 Å². The topological polar surface area (TPSA) is 248 Å². The number of aryl methyl sites for hydroxylation is 1. The van der Waals surface area contributed by atoms with Gasteiger partial charge in [-0.25, -0.2) is 28.1 Å². The number of ether oxygens (including phenoxy) is 3. The largest absolute Gasteiger partial charge is 0.492 e. The van der Waals surface area contributed by atoms with Gasteiger partial charge < -0.3 is 70.3 Å². The van der Waals surface area contributed by atoms with Gasteiger partial charge in [-0.3, -0.25) is 24.1 Å². The minimum atomic E-state index is -1.99. The molecule has 4 amide bonds. The van der Waals surface area contributed by atoms with E-state index < -0.39 is 70.3 Å². The minimum Gasteiger partial charge on any atom is -0.492 e. The van der Waals surface area contributed by atoms with Gasteiger partial charge in [-0.2, -0.15) is 0 Å². The number of rotatable bonds is 27. The van der Waals surface area contributed by atoms with Crippen LogP contribution in [0.4, 0.5) is 30.5 Å².